The molecule has 0 bridgehead atoms. The van der Waals surface area contributed by atoms with Gasteiger partial charge in [-0.3, -0.25) is 28.8 Å². The van der Waals surface area contributed by atoms with Crippen molar-refractivity contribution in [2.45, 2.75) is 95.0 Å². The number of aliphatic carboxylic acids is 1. The van der Waals surface area contributed by atoms with E-state index in [0.29, 0.717) is 24.9 Å². The van der Waals surface area contributed by atoms with Gasteiger partial charge in [0.1, 0.15) is 42.0 Å². The number of aromatic hydroxyl groups is 1. The average molecular weight is 780 g/mol. The van der Waals surface area contributed by atoms with Crippen LogP contribution in [0.25, 0.3) is 0 Å². The fourth-order valence-electron chi connectivity index (χ4n) is 4.93. The number of carboxylic acid groups (broad SMARTS) is 1. The molecule has 0 fully saturated rings. The maximum atomic E-state index is 13.5. The molecule has 6 amide bonds. The molecular formula is C35H53N7O11S. The molecule has 0 heterocycles. The van der Waals surface area contributed by atoms with E-state index >= 15 is 0 Å². The minimum Gasteiger partial charge on any atom is -0.508 e. The predicted molar refractivity (Wildman–Crippen MR) is 199 cm³/mol. The Bertz CT molecular complexity index is 1460. The molecule has 54 heavy (non-hydrogen) atoms. The van der Waals surface area contributed by atoms with Crippen LogP contribution in [0, 0.1) is 18.3 Å². The summed E-state index contributed by atoms with van der Waals surface area (Å²) in [5, 5.41) is 53.5. The van der Waals surface area contributed by atoms with E-state index in [4.69, 9.17) is 12.2 Å². The van der Waals surface area contributed by atoms with E-state index in [-0.39, 0.29) is 49.5 Å². The molecular weight excluding hydrogens is 726 g/mol. The van der Waals surface area contributed by atoms with Crippen LogP contribution in [0.1, 0.15) is 57.9 Å². The molecule has 0 saturated heterocycles. The first kappa shape index (κ1) is 47.1. The first-order valence-electron chi connectivity index (χ1n) is 17.4. The van der Waals surface area contributed by atoms with Crippen molar-refractivity contribution < 1.29 is 54.0 Å². The van der Waals surface area contributed by atoms with Gasteiger partial charge in [-0.15, -0.1) is 12.3 Å². The lowest BCUT2D eigenvalue weighted by Gasteiger charge is -2.26. The zero-order chi connectivity index (χ0) is 40.8. The SMILES string of the molecule is C#CCCC(=O)N[C@@H](CCCCN)C(=O)N[C@@H](CS)C(=O)N[C@@H](CO)C(=O)N[C@H](Cc1ccc(O)cc1)C(=O)N[C@@H](CO)C(=O)N[C@@H](CC(C)C)C(=O)O. The third-order valence-corrected chi connectivity index (χ3v) is 8.24. The van der Waals surface area contributed by atoms with Gasteiger partial charge in [-0.25, -0.2) is 4.79 Å². The normalized spacial score (nSPS) is 14.2. The van der Waals surface area contributed by atoms with Gasteiger partial charge in [0.2, 0.25) is 35.4 Å². The molecule has 0 saturated carbocycles. The molecule has 19 heteroatoms. The Morgan fingerprint density at radius 2 is 1.22 bits per heavy atom. The van der Waals surface area contributed by atoms with E-state index in [1.165, 1.54) is 24.3 Å². The number of unbranched alkanes of at least 4 members (excludes halogenated alkanes) is 1. The molecule has 0 aliphatic rings. The highest BCUT2D eigenvalue weighted by molar-refractivity contribution is 7.80. The van der Waals surface area contributed by atoms with E-state index in [2.05, 4.69) is 50.4 Å². The van der Waals surface area contributed by atoms with Gasteiger partial charge in [-0.1, -0.05) is 26.0 Å². The first-order chi connectivity index (χ1) is 25.6. The molecule has 0 radical (unpaired) electrons. The van der Waals surface area contributed by atoms with Crippen LogP contribution in [-0.4, -0.2) is 124 Å². The summed E-state index contributed by atoms with van der Waals surface area (Å²) in [6.45, 7) is 1.95. The predicted octanol–water partition coefficient (Wildman–Crippen LogP) is -2.57. The highest BCUT2D eigenvalue weighted by Gasteiger charge is 2.33. The molecule has 12 N–H and O–H groups in total. The summed E-state index contributed by atoms with van der Waals surface area (Å²) in [6, 6.07) is -2.92. The molecule has 0 aliphatic carbocycles. The van der Waals surface area contributed by atoms with Crippen LogP contribution >= 0.6 is 12.6 Å². The summed E-state index contributed by atoms with van der Waals surface area (Å²) >= 11 is 4.13. The highest BCUT2D eigenvalue weighted by Crippen LogP contribution is 2.12. The number of benzene rings is 1. The van der Waals surface area contributed by atoms with E-state index < -0.39 is 90.9 Å². The van der Waals surface area contributed by atoms with Crippen molar-refractivity contribution in [1.29, 1.82) is 0 Å². The molecule has 0 aliphatic heterocycles. The summed E-state index contributed by atoms with van der Waals surface area (Å²) in [6.07, 6.45) is 6.43. The van der Waals surface area contributed by atoms with Crippen molar-refractivity contribution in [3.63, 3.8) is 0 Å². The Hall–Kier alpha value is -4.90. The summed E-state index contributed by atoms with van der Waals surface area (Å²) < 4.78 is 0. The number of amides is 6. The second-order valence-corrected chi connectivity index (χ2v) is 13.2. The Balaban J connectivity index is 3.17. The first-order valence-corrected chi connectivity index (χ1v) is 18.0. The number of phenolic OH excluding ortho intramolecular Hbond substituents is 1. The summed E-state index contributed by atoms with van der Waals surface area (Å²) in [7, 11) is 0. The maximum absolute atomic E-state index is 13.5. The molecule has 18 nitrogen and oxygen atoms in total. The smallest absolute Gasteiger partial charge is 0.326 e. The number of nitrogens with two attached hydrogens (primary N) is 1. The fourth-order valence-corrected chi connectivity index (χ4v) is 5.18. The minimum absolute atomic E-state index is 0.0238. The van der Waals surface area contributed by atoms with E-state index in [9.17, 15) is 54.0 Å². The maximum Gasteiger partial charge on any atom is 0.326 e. The van der Waals surface area contributed by atoms with Gasteiger partial charge in [0.05, 0.1) is 13.2 Å². The van der Waals surface area contributed by atoms with Gasteiger partial charge in [0.25, 0.3) is 0 Å². The van der Waals surface area contributed by atoms with Crippen molar-refractivity contribution in [3.05, 3.63) is 29.8 Å². The van der Waals surface area contributed by atoms with Crippen LogP contribution in [0.3, 0.4) is 0 Å². The quantitative estimate of drug-likeness (QED) is 0.0277. The number of phenols is 1. The van der Waals surface area contributed by atoms with Gasteiger partial charge >= 0.3 is 5.97 Å². The molecule has 1 rings (SSSR count). The number of nitrogens with one attached hydrogen (secondary N) is 6. The zero-order valence-corrected chi connectivity index (χ0v) is 31.3. The van der Waals surface area contributed by atoms with E-state index in [1.807, 2.05) is 0 Å². The van der Waals surface area contributed by atoms with Gasteiger partial charge in [0.15, 0.2) is 0 Å². The van der Waals surface area contributed by atoms with Crippen LogP contribution in [0.4, 0.5) is 0 Å². The number of aliphatic hydroxyl groups is 2. The molecule has 1 aromatic rings. The number of thiol groups is 1. The molecule has 0 aromatic heterocycles. The van der Waals surface area contributed by atoms with Crippen molar-refractivity contribution in [2.75, 3.05) is 25.5 Å². The lowest BCUT2D eigenvalue weighted by molar-refractivity contribution is -0.143. The summed E-state index contributed by atoms with van der Waals surface area (Å²) in [5.74, 6) is -4.60. The Kier molecular flexibility index (Phi) is 22.0. The second-order valence-electron chi connectivity index (χ2n) is 12.8. The standard InChI is InChI=1S/C35H53N7O11S/c1-4-5-9-29(46)37-23(8-6-7-14-36)30(47)42-28(19-54)34(51)41-26(17-43)32(49)38-24(16-21-10-12-22(45)13-11-21)31(48)40-27(18-44)33(50)39-25(35(52)53)15-20(2)3/h1,10-13,20,23-28,43-45,54H,5-9,14-19,36H2,2-3H3,(H,37,46)(H,38,49)(H,39,50)(H,40,48)(H,41,51)(H,42,47)(H,52,53)/t23-,24+,25-,26-,27-,28-/m0/s1. The van der Waals surface area contributed by atoms with Gasteiger partial charge < -0.3 is 58.1 Å². The summed E-state index contributed by atoms with van der Waals surface area (Å²) in [4.78, 5) is 90.1. The molecule has 0 spiro atoms. The third-order valence-electron chi connectivity index (χ3n) is 7.87. The van der Waals surface area contributed by atoms with Crippen molar-refractivity contribution in [1.82, 2.24) is 31.9 Å². The zero-order valence-electron chi connectivity index (χ0n) is 30.4. The largest absolute Gasteiger partial charge is 0.508 e. The molecule has 300 valence electrons. The number of carbonyl (C=O) groups excluding carboxylic acids is 6. The Labute approximate surface area is 319 Å². The number of rotatable bonds is 25. The number of terminal acetylenes is 1. The van der Waals surface area contributed by atoms with E-state index in [1.54, 1.807) is 13.8 Å². The lowest BCUT2D eigenvalue weighted by atomic mass is 10.0. The van der Waals surface area contributed by atoms with Gasteiger partial charge in [-0.2, -0.15) is 12.6 Å². The lowest BCUT2D eigenvalue weighted by Crippen LogP contribution is -2.61. The third kappa shape index (κ3) is 17.3. The molecule has 6 atom stereocenters. The highest BCUT2D eigenvalue weighted by atomic mass is 32.1. The molecule has 1 aromatic carbocycles. The second kappa shape index (κ2) is 25.2. The van der Waals surface area contributed by atoms with Crippen LogP contribution in [0.2, 0.25) is 0 Å². The average Bonchev–Trinajstić information content (AvgIpc) is 3.13. The molecule has 0 unspecified atom stereocenters. The van der Waals surface area contributed by atoms with Crippen molar-refractivity contribution >= 4 is 54.0 Å². The van der Waals surface area contributed by atoms with Crippen LogP contribution < -0.4 is 37.6 Å². The van der Waals surface area contributed by atoms with Crippen LogP contribution in [-0.2, 0) is 40.0 Å². The number of hydrogen-bond acceptors (Lipinski definition) is 12. The Morgan fingerprint density at radius 3 is 1.70 bits per heavy atom. The Morgan fingerprint density at radius 1 is 0.741 bits per heavy atom. The van der Waals surface area contributed by atoms with Crippen LogP contribution in [0.15, 0.2) is 24.3 Å². The topological polar surface area (TPSA) is 299 Å². The minimum atomic E-state index is -1.67. The van der Waals surface area contributed by atoms with Crippen molar-refractivity contribution in [3.8, 4) is 18.1 Å². The fraction of sp³-hybridized carbons (Fsp3) is 0.571. The van der Waals surface area contributed by atoms with Gasteiger partial charge in [-0.05, 0) is 55.8 Å². The van der Waals surface area contributed by atoms with Gasteiger partial charge in [0, 0.05) is 25.0 Å². The van der Waals surface area contributed by atoms with Crippen molar-refractivity contribution in [2.24, 2.45) is 11.7 Å². The number of carboxylic acids is 1. The van der Waals surface area contributed by atoms with E-state index in [0.717, 1.165) is 0 Å². The summed E-state index contributed by atoms with van der Waals surface area (Å²) in [5.41, 5.74) is 5.98. The number of hydrogen-bond donors (Lipinski definition) is 12. The van der Waals surface area contributed by atoms with Crippen LogP contribution in [0.5, 0.6) is 5.75 Å². The number of aliphatic hydroxyl groups excluding tert-OH is 2. The number of carbonyl (C=O) groups is 7. The monoisotopic (exact) mass is 779 g/mol.